The first kappa shape index (κ1) is 13.0. The predicted molar refractivity (Wildman–Crippen MR) is 51.8 cm³/mol. The van der Waals surface area contributed by atoms with Gasteiger partial charge in [-0.15, -0.1) is 0 Å². The van der Waals surface area contributed by atoms with Crippen molar-refractivity contribution in [1.82, 2.24) is 0 Å². The maximum absolute atomic E-state index is 10.0. The predicted octanol–water partition coefficient (Wildman–Crippen LogP) is 2.14. The Kier molecular flexibility index (Phi) is 8.94. The molecule has 0 heterocycles. The lowest BCUT2D eigenvalue weighted by Gasteiger charge is -1.80. The highest BCUT2D eigenvalue weighted by atomic mass is 28.3. The quantitative estimate of drug-likeness (QED) is 0.376. The molecule has 0 amide bonds. The van der Waals surface area contributed by atoms with Crippen molar-refractivity contribution in [2.75, 3.05) is 0 Å². The van der Waals surface area contributed by atoms with Crippen LogP contribution in [0.5, 0.6) is 0 Å². The summed E-state index contributed by atoms with van der Waals surface area (Å²) in [5.41, 5.74) is 0. The largest absolute Gasteiger partial charge is 0.512 e. The monoisotopic (exact) mass is 174 g/mol. The molecule has 66 valence electrons. The van der Waals surface area contributed by atoms with E-state index in [2.05, 4.69) is 19.6 Å². The number of hydrogen-bond acceptors (Lipinski definition) is 2. The zero-order chi connectivity index (χ0) is 9.44. The van der Waals surface area contributed by atoms with Gasteiger partial charge < -0.3 is 5.11 Å². The Morgan fingerprint density at radius 2 is 1.55 bits per heavy atom. The van der Waals surface area contributed by atoms with E-state index in [-0.39, 0.29) is 20.3 Å². The molecule has 2 nitrogen and oxygen atoms in total. The Labute approximate surface area is 70.5 Å². The fourth-order valence-electron chi connectivity index (χ4n) is 0.294. The summed E-state index contributed by atoms with van der Waals surface area (Å²) in [5.74, 6) is -0.0625. The van der Waals surface area contributed by atoms with E-state index in [4.69, 9.17) is 5.11 Å². The molecular formula is C8H18O2Si. The highest BCUT2D eigenvalue weighted by molar-refractivity contribution is 6.54. The number of rotatable bonds is 1. The number of allylic oxidation sites excluding steroid dienone is 2. The van der Waals surface area contributed by atoms with E-state index in [0.29, 0.717) is 0 Å². The van der Waals surface area contributed by atoms with Crippen LogP contribution in [-0.4, -0.2) is 19.7 Å². The summed E-state index contributed by atoms with van der Waals surface area (Å²) in [6.07, 6.45) is 1.17. The number of ketones is 1. The van der Waals surface area contributed by atoms with Gasteiger partial charge in [-0.3, -0.25) is 4.79 Å². The number of aliphatic hydroxyl groups is 1. The third-order valence-corrected chi connectivity index (χ3v) is 0.412. The van der Waals surface area contributed by atoms with E-state index in [9.17, 15) is 4.79 Å². The maximum Gasteiger partial charge on any atom is 0.155 e. The molecule has 0 rings (SSSR count). The van der Waals surface area contributed by atoms with Gasteiger partial charge >= 0.3 is 0 Å². The molecular weight excluding hydrogens is 156 g/mol. The highest BCUT2D eigenvalue weighted by Gasteiger charge is 1.82. The van der Waals surface area contributed by atoms with E-state index >= 15 is 0 Å². The summed E-state index contributed by atoms with van der Waals surface area (Å²) in [6.45, 7) is 9.76. The Morgan fingerprint density at radius 3 is 1.55 bits per heavy atom. The van der Waals surface area contributed by atoms with Crippen molar-refractivity contribution in [1.29, 1.82) is 0 Å². The number of carbonyl (C=O) groups excluding carboxylic acids is 1. The van der Waals surface area contributed by atoms with E-state index in [1.165, 1.54) is 19.9 Å². The van der Waals surface area contributed by atoms with Crippen LogP contribution >= 0.6 is 0 Å². The molecule has 0 aromatic heterocycles. The van der Waals surface area contributed by atoms with Crippen LogP contribution in [0.2, 0.25) is 19.6 Å². The number of aliphatic hydroxyl groups excluding tert-OH is 1. The molecule has 0 aliphatic carbocycles. The highest BCUT2D eigenvalue weighted by Crippen LogP contribution is 1.82. The van der Waals surface area contributed by atoms with Crippen molar-refractivity contribution in [3.05, 3.63) is 11.8 Å². The van der Waals surface area contributed by atoms with Crippen LogP contribution in [-0.2, 0) is 4.79 Å². The lowest BCUT2D eigenvalue weighted by Crippen LogP contribution is -1.84. The van der Waals surface area contributed by atoms with Crippen LogP contribution in [0.15, 0.2) is 11.8 Å². The van der Waals surface area contributed by atoms with Gasteiger partial charge in [0.15, 0.2) is 5.78 Å². The van der Waals surface area contributed by atoms with Gasteiger partial charge in [-0.2, -0.15) is 0 Å². The number of carbonyl (C=O) groups is 1. The maximum atomic E-state index is 10.0. The molecule has 0 saturated heterocycles. The van der Waals surface area contributed by atoms with Crippen molar-refractivity contribution in [3.8, 4) is 0 Å². The second-order valence-corrected chi connectivity index (χ2v) is 6.59. The van der Waals surface area contributed by atoms with E-state index in [1.54, 1.807) is 0 Å². The fraction of sp³-hybridized carbons (Fsp3) is 0.625. The molecule has 0 spiro atoms. The van der Waals surface area contributed by atoms with Crippen LogP contribution in [0.1, 0.15) is 13.8 Å². The Hall–Kier alpha value is -0.573. The first-order chi connectivity index (χ1) is 4.86. The van der Waals surface area contributed by atoms with Crippen LogP contribution < -0.4 is 0 Å². The molecule has 0 aromatic carbocycles. The molecule has 3 heteroatoms. The standard InChI is InChI=1S/C5H8O2.C3H10Si/c1-4(6)3-5(2)7;1-4(2)3/h3,6H,1-2H3;4H,1-3H3/b4-3-;. The van der Waals surface area contributed by atoms with E-state index < -0.39 is 0 Å². The Balaban J connectivity index is 0. The summed E-state index contributed by atoms with van der Waals surface area (Å²) in [5, 5.41) is 8.36. The van der Waals surface area contributed by atoms with Gasteiger partial charge in [-0.1, -0.05) is 19.6 Å². The van der Waals surface area contributed by atoms with Gasteiger partial charge in [-0.25, -0.2) is 0 Å². The zero-order valence-corrected chi connectivity index (χ0v) is 9.16. The first-order valence-corrected chi connectivity index (χ1v) is 7.20. The third-order valence-electron chi connectivity index (χ3n) is 0.412. The van der Waals surface area contributed by atoms with Crippen molar-refractivity contribution < 1.29 is 9.90 Å². The lowest BCUT2D eigenvalue weighted by molar-refractivity contribution is -0.112. The minimum Gasteiger partial charge on any atom is -0.512 e. The molecule has 0 unspecified atom stereocenters. The van der Waals surface area contributed by atoms with Crippen molar-refractivity contribution in [2.24, 2.45) is 0 Å². The van der Waals surface area contributed by atoms with Gasteiger partial charge in [0.1, 0.15) is 0 Å². The summed E-state index contributed by atoms with van der Waals surface area (Å²) in [6, 6.07) is 0. The topological polar surface area (TPSA) is 37.3 Å². The molecule has 0 fully saturated rings. The minimum atomic E-state index is -0.139. The van der Waals surface area contributed by atoms with E-state index in [1.807, 2.05) is 0 Å². The molecule has 0 saturated carbocycles. The molecule has 0 radical (unpaired) electrons. The third kappa shape index (κ3) is 44.3. The van der Waals surface area contributed by atoms with Crippen LogP contribution in [0.25, 0.3) is 0 Å². The SMILES string of the molecule is CC(=O)/C=C(/C)O.C[SiH](C)C. The Bertz CT molecular complexity index is 132. The lowest BCUT2D eigenvalue weighted by atomic mass is 10.4. The minimum absolute atomic E-state index is 0.0625. The fourth-order valence-corrected chi connectivity index (χ4v) is 0.294. The van der Waals surface area contributed by atoms with Crippen LogP contribution in [0, 0.1) is 0 Å². The molecule has 1 N–H and O–H groups in total. The molecule has 11 heavy (non-hydrogen) atoms. The smallest absolute Gasteiger partial charge is 0.155 e. The molecule has 0 aliphatic rings. The van der Waals surface area contributed by atoms with E-state index in [0.717, 1.165) is 0 Å². The van der Waals surface area contributed by atoms with Crippen molar-refractivity contribution in [2.45, 2.75) is 33.5 Å². The average Bonchev–Trinajstić information content (AvgIpc) is 1.56. The second-order valence-electron chi connectivity index (χ2n) is 3.13. The molecule has 0 aromatic rings. The van der Waals surface area contributed by atoms with Gasteiger partial charge in [-0.05, 0) is 13.8 Å². The molecule has 0 atom stereocenters. The van der Waals surface area contributed by atoms with Crippen molar-refractivity contribution >= 4 is 14.6 Å². The van der Waals surface area contributed by atoms with Crippen LogP contribution in [0.4, 0.5) is 0 Å². The van der Waals surface area contributed by atoms with Gasteiger partial charge in [0.2, 0.25) is 0 Å². The summed E-state index contributed by atoms with van der Waals surface area (Å²) < 4.78 is 0. The Morgan fingerprint density at radius 1 is 1.27 bits per heavy atom. The first-order valence-electron chi connectivity index (χ1n) is 3.74. The summed E-state index contributed by atoms with van der Waals surface area (Å²) >= 11 is 0. The second kappa shape index (κ2) is 7.53. The van der Waals surface area contributed by atoms with Crippen molar-refractivity contribution in [3.63, 3.8) is 0 Å². The normalized spacial score (nSPS) is 10.5. The molecule has 0 aliphatic heterocycles. The zero-order valence-electron chi connectivity index (χ0n) is 8.01. The van der Waals surface area contributed by atoms with Gasteiger partial charge in [0, 0.05) is 14.9 Å². The number of hydrogen-bond donors (Lipinski definition) is 1. The summed E-state index contributed by atoms with van der Waals surface area (Å²) in [7, 11) is -0.139. The summed E-state index contributed by atoms with van der Waals surface area (Å²) in [4.78, 5) is 10.0. The molecule has 0 bridgehead atoms. The van der Waals surface area contributed by atoms with Crippen LogP contribution in [0.3, 0.4) is 0 Å². The van der Waals surface area contributed by atoms with Gasteiger partial charge in [0.05, 0.1) is 5.76 Å². The average molecular weight is 174 g/mol. The van der Waals surface area contributed by atoms with Gasteiger partial charge in [0.25, 0.3) is 0 Å².